The van der Waals surface area contributed by atoms with Gasteiger partial charge in [-0.3, -0.25) is 4.79 Å². The Labute approximate surface area is 128 Å². The van der Waals surface area contributed by atoms with E-state index >= 15 is 0 Å². The first-order valence-electron chi connectivity index (χ1n) is 7.21. The highest BCUT2D eigenvalue weighted by molar-refractivity contribution is 7.14. The fourth-order valence-electron chi connectivity index (χ4n) is 2.47. The normalized spacial score (nSPS) is 17.9. The molecule has 1 unspecified atom stereocenters. The molecular weight excluding hydrogens is 282 g/mol. The molecule has 1 amide bonds. The number of hydrogen-bond donors (Lipinski definition) is 2. The van der Waals surface area contributed by atoms with Crippen LogP contribution in [0, 0.1) is 13.8 Å². The Kier molecular flexibility index (Phi) is 4.03. The van der Waals surface area contributed by atoms with Gasteiger partial charge in [0.15, 0.2) is 5.13 Å². The Balaban J connectivity index is 1.73. The zero-order valence-corrected chi connectivity index (χ0v) is 13.1. The van der Waals surface area contributed by atoms with Gasteiger partial charge in [0.05, 0.1) is 11.7 Å². The Bertz CT molecular complexity index is 659. The number of hydrogen-bond acceptors (Lipinski definition) is 4. The second-order valence-electron chi connectivity index (χ2n) is 5.48. The number of aromatic nitrogens is 1. The third-order valence-electron chi connectivity index (χ3n) is 3.91. The third kappa shape index (κ3) is 3.14. The quantitative estimate of drug-likeness (QED) is 0.916. The molecule has 3 rings (SSSR count). The van der Waals surface area contributed by atoms with Crippen LogP contribution in [0.5, 0.6) is 0 Å². The van der Waals surface area contributed by atoms with E-state index < -0.39 is 0 Å². The minimum Gasteiger partial charge on any atom is -0.306 e. The molecule has 0 aliphatic carbocycles. The fourth-order valence-corrected chi connectivity index (χ4v) is 3.19. The fraction of sp³-hybridized carbons (Fsp3) is 0.375. The van der Waals surface area contributed by atoms with Crippen molar-refractivity contribution in [3.63, 3.8) is 0 Å². The molecule has 5 heteroatoms. The standard InChI is InChI=1S/C16H19N3OS/c1-10-5-6-12(8-11(10)2)14-9-21-16(18-14)19-15(20)13-4-3-7-17-13/h5-6,8-9,13,17H,3-4,7H2,1-2H3,(H,18,19,20). The molecule has 0 radical (unpaired) electrons. The number of aryl methyl sites for hydroxylation is 2. The number of carbonyl (C=O) groups is 1. The lowest BCUT2D eigenvalue weighted by molar-refractivity contribution is -0.117. The Morgan fingerprint density at radius 2 is 2.24 bits per heavy atom. The van der Waals surface area contributed by atoms with E-state index in [-0.39, 0.29) is 11.9 Å². The number of rotatable bonds is 3. The average Bonchev–Trinajstić information content (AvgIpc) is 3.12. The number of anilines is 1. The van der Waals surface area contributed by atoms with Gasteiger partial charge in [-0.15, -0.1) is 11.3 Å². The van der Waals surface area contributed by atoms with E-state index in [0.717, 1.165) is 30.6 Å². The maximum atomic E-state index is 12.1. The maximum absolute atomic E-state index is 12.1. The molecule has 0 spiro atoms. The lowest BCUT2D eigenvalue weighted by atomic mass is 10.1. The molecule has 2 N–H and O–H groups in total. The molecule has 1 aromatic carbocycles. The maximum Gasteiger partial charge on any atom is 0.243 e. The molecule has 2 aromatic rings. The minimum atomic E-state index is -0.0704. The number of carbonyl (C=O) groups excluding carboxylic acids is 1. The molecule has 1 aromatic heterocycles. The van der Waals surface area contributed by atoms with Gasteiger partial charge >= 0.3 is 0 Å². The SMILES string of the molecule is Cc1ccc(-c2csc(NC(=O)C3CCCN3)n2)cc1C. The zero-order chi connectivity index (χ0) is 14.8. The van der Waals surface area contributed by atoms with E-state index in [0.29, 0.717) is 5.13 Å². The van der Waals surface area contributed by atoms with Crippen LogP contribution in [0.25, 0.3) is 11.3 Å². The van der Waals surface area contributed by atoms with Crippen LogP contribution in [-0.4, -0.2) is 23.5 Å². The highest BCUT2D eigenvalue weighted by Crippen LogP contribution is 2.26. The van der Waals surface area contributed by atoms with Crippen molar-refractivity contribution in [3.05, 3.63) is 34.7 Å². The van der Waals surface area contributed by atoms with Crippen LogP contribution >= 0.6 is 11.3 Å². The molecule has 2 heterocycles. The van der Waals surface area contributed by atoms with Gasteiger partial charge in [0.1, 0.15) is 0 Å². The summed E-state index contributed by atoms with van der Waals surface area (Å²) in [7, 11) is 0. The molecule has 1 saturated heterocycles. The topological polar surface area (TPSA) is 54.0 Å². The van der Waals surface area contributed by atoms with Gasteiger partial charge in [0.25, 0.3) is 0 Å². The summed E-state index contributed by atoms with van der Waals surface area (Å²) in [6.07, 6.45) is 1.96. The highest BCUT2D eigenvalue weighted by Gasteiger charge is 2.22. The Morgan fingerprint density at radius 1 is 1.38 bits per heavy atom. The van der Waals surface area contributed by atoms with Gasteiger partial charge in [-0.2, -0.15) is 0 Å². The molecule has 1 fully saturated rings. The van der Waals surface area contributed by atoms with Gasteiger partial charge in [-0.05, 0) is 50.4 Å². The summed E-state index contributed by atoms with van der Waals surface area (Å²) in [5.41, 5.74) is 4.53. The number of thiazole rings is 1. The van der Waals surface area contributed by atoms with Gasteiger partial charge in [-0.1, -0.05) is 12.1 Å². The van der Waals surface area contributed by atoms with Crippen molar-refractivity contribution in [2.75, 3.05) is 11.9 Å². The monoisotopic (exact) mass is 301 g/mol. The van der Waals surface area contributed by atoms with Crippen molar-refractivity contribution in [2.24, 2.45) is 0 Å². The molecule has 1 atom stereocenters. The summed E-state index contributed by atoms with van der Waals surface area (Å²) in [5.74, 6) is 0.0217. The van der Waals surface area contributed by atoms with E-state index in [9.17, 15) is 4.79 Å². The number of nitrogens with one attached hydrogen (secondary N) is 2. The van der Waals surface area contributed by atoms with Crippen LogP contribution in [0.15, 0.2) is 23.6 Å². The molecule has 1 aliphatic rings. The Morgan fingerprint density at radius 3 is 2.95 bits per heavy atom. The summed E-state index contributed by atoms with van der Waals surface area (Å²) in [6.45, 7) is 5.11. The van der Waals surface area contributed by atoms with Crippen molar-refractivity contribution in [1.29, 1.82) is 0 Å². The van der Waals surface area contributed by atoms with Crippen LogP contribution in [0.3, 0.4) is 0 Å². The van der Waals surface area contributed by atoms with Crippen LogP contribution in [-0.2, 0) is 4.79 Å². The summed E-state index contributed by atoms with van der Waals surface area (Å²) in [5, 5.41) is 8.76. The molecule has 110 valence electrons. The molecule has 1 aliphatic heterocycles. The molecule has 21 heavy (non-hydrogen) atoms. The summed E-state index contributed by atoms with van der Waals surface area (Å²) >= 11 is 1.47. The Hall–Kier alpha value is -1.72. The predicted octanol–water partition coefficient (Wildman–Crippen LogP) is 3.12. The minimum absolute atomic E-state index is 0.0217. The largest absolute Gasteiger partial charge is 0.306 e. The first kappa shape index (κ1) is 14.2. The predicted molar refractivity (Wildman–Crippen MR) is 86.7 cm³/mol. The molecule has 0 saturated carbocycles. The second-order valence-corrected chi connectivity index (χ2v) is 6.33. The first-order valence-corrected chi connectivity index (χ1v) is 8.09. The molecule has 4 nitrogen and oxygen atoms in total. The average molecular weight is 301 g/mol. The van der Waals surface area contributed by atoms with Crippen molar-refractivity contribution in [3.8, 4) is 11.3 Å². The van der Waals surface area contributed by atoms with E-state index in [2.05, 4.69) is 47.7 Å². The smallest absolute Gasteiger partial charge is 0.243 e. The second kappa shape index (κ2) is 5.95. The summed E-state index contributed by atoms with van der Waals surface area (Å²) in [4.78, 5) is 16.6. The molecular formula is C16H19N3OS. The summed E-state index contributed by atoms with van der Waals surface area (Å²) < 4.78 is 0. The number of nitrogens with zero attached hydrogens (tertiary/aromatic N) is 1. The van der Waals surface area contributed by atoms with Crippen LogP contribution in [0.1, 0.15) is 24.0 Å². The van der Waals surface area contributed by atoms with E-state index in [1.165, 1.54) is 22.5 Å². The van der Waals surface area contributed by atoms with Crippen LogP contribution in [0.2, 0.25) is 0 Å². The number of amides is 1. The van der Waals surface area contributed by atoms with Crippen molar-refractivity contribution >= 4 is 22.4 Å². The van der Waals surface area contributed by atoms with Gasteiger partial charge in [0.2, 0.25) is 5.91 Å². The number of benzene rings is 1. The highest BCUT2D eigenvalue weighted by atomic mass is 32.1. The van der Waals surface area contributed by atoms with E-state index in [1.807, 2.05) is 5.38 Å². The van der Waals surface area contributed by atoms with E-state index in [4.69, 9.17) is 0 Å². The van der Waals surface area contributed by atoms with Crippen LogP contribution in [0.4, 0.5) is 5.13 Å². The van der Waals surface area contributed by atoms with E-state index in [1.54, 1.807) is 0 Å². The first-order chi connectivity index (χ1) is 10.1. The van der Waals surface area contributed by atoms with Gasteiger partial charge in [0, 0.05) is 10.9 Å². The third-order valence-corrected chi connectivity index (χ3v) is 4.67. The van der Waals surface area contributed by atoms with Crippen molar-refractivity contribution < 1.29 is 4.79 Å². The zero-order valence-electron chi connectivity index (χ0n) is 12.3. The molecule has 0 bridgehead atoms. The lowest BCUT2D eigenvalue weighted by Crippen LogP contribution is -2.35. The van der Waals surface area contributed by atoms with Crippen molar-refractivity contribution in [1.82, 2.24) is 10.3 Å². The van der Waals surface area contributed by atoms with Crippen molar-refractivity contribution in [2.45, 2.75) is 32.7 Å². The lowest BCUT2D eigenvalue weighted by Gasteiger charge is -2.08. The summed E-state index contributed by atoms with van der Waals surface area (Å²) in [6, 6.07) is 6.24. The van der Waals surface area contributed by atoms with Crippen LogP contribution < -0.4 is 10.6 Å². The van der Waals surface area contributed by atoms with Gasteiger partial charge < -0.3 is 10.6 Å². The van der Waals surface area contributed by atoms with Gasteiger partial charge in [-0.25, -0.2) is 4.98 Å².